The molecule has 0 aliphatic carbocycles. The van der Waals surface area contributed by atoms with Crippen LogP contribution in [0, 0.1) is 17.0 Å². The summed E-state index contributed by atoms with van der Waals surface area (Å²) in [6, 6.07) is 1.66. The Morgan fingerprint density at radius 2 is 2.05 bits per heavy atom. The van der Waals surface area contributed by atoms with Gasteiger partial charge in [0.15, 0.2) is 0 Å². The molecule has 110 valence electrons. The van der Waals surface area contributed by atoms with Crippen LogP contribution < -0.4 is 5.32 Å². The molecular weight excluding hydrogens is 256 g/mol. The van der Waals surface area contributed by atoms with Gasteiger partial charge in [-0.05, 0) is 38.9 Å². The molecule has 0 bridgehead atoms. The lowest BCUT2D eigenvalue weighted by atomic mass is 10.2. The zero-order valence-corrected chi connectivity index (χ0v) is 12.0. The highest BCUT2D eigenvalue weighted by atomic mass is 16.6. The van der Waals surface area contributed by atoms with Crippen LogP contribution in [0.1, 0.15) is 31.2 Å². The van der Waals surface area contributed by atoms with Crippen molar-refractivity contribution in [3.63, 3.8) is 0 Å². The third-order valence-electron chi connectivity index (χ3n) is 3.73. The zero-order chi connectivity index (χ0) is 14.4. The fourth-order valence-corrected chi connectivity index (χ4v) is 2.60. The molecule has 2 heterocycles. The average molecular weight is 278 g/mol. The van der Waals surface area contributed by atoms with Crippen LogP contribution in [0.5, 0.6) is 0 Å². The Hall–Kier alpha value is -1.69. The first kappa shape index (κ1) is 14.7. The number of rotatable bonds is 5. The maximum Gasteiger partial charge on any atom is 0.314 e. The summed E-state index contributed by atoms with van der Waals surface area (Å²) in [5.41, 5.74) is 0.727. The first-order chi connectivity index (χ1) is 9.68. The highest BCUT2D eigenvalue weighted by molar-refractivity contribution is 5.59. The summed E-state index contributed by atoms with van der Waals surface area (Å²) in [5, 5.41) is 14.2. The van der Waals surface area contributed by atoms with E-state index in [9.17, 15) is 10.1 Å². The number of nitro groups is 1. The van der Waals surface area contributed by atoms with Crippen LogP contribution in [-0.4, -0.2) is 41.0 Å². The van der Waals surface area contributed by atoms with Crippen molar-refractivity contribution < 1.29 is 4.92 Å². The molecule has 6 nitrogen and oxygen atoms in total. The minimum atomic E-state index is -0.364. The number of likely N-dealkylation sites (tertiary alicyclic amines) is 1. The van der Waals surface area contributed by atoms with Gasteiger partial charge in [0.25, 0.3) is 0 Å². The van der Waals surface area contributed by atoms with Crippen LogP contribution in [0.25, 0.3) is 0 Å². The number of hydrogen-bond donors (Lipinski definition) is 1. The molecule has 1 saturated heterocycles. The quantitative estimate of drug-likeness (QED) is 0.662. The highest BCUT2D eigenvalue weighted by Gasteiger charge is 2.18. The molecule has 1 aromatic rings. The summed E-state index contributed by atoms with van der Waals surface area (Å²) >= 11 is 0. The van der Waals surface area contributed by atoms with E-state index in [-0.39, 0.29) is 10.6 Å². The van der Waals surface area contributed by atoms with Crippen LogP contribution in [0.3, 0.4) is 0 Å². The normalized spacial score (nSPS) is 16.6. The van der Waals surface area contributed by atoms with E-state index in [0.717, 1.165) is 19.6 Å². The molecule has 0 radical (unpaired) electrons. The molecule has 20 heavy (non-hydrogen) atoms. The topological polar surface area (TPSA) is 71.3 Å². The molecule has 1 fully saturated rings. The second-order valence-corrected chi connectivity index (χ2v) is 5.26. The molecule has 1 aliphatic heterocycles. The molecule has 0 aromatic carbocycles. The molecule has 1 N–H and O–H groups in total. The van der Waals surface area contributed by atoms with E-state index >= 15 is 0 Å². The largest absolute Gasteiger partial charge is 0.363 e. The Labute approximate surface area is 119 Å². The fourth-order valence-electron chi connectivity index (χ4n) is 2.60. The molecule has 0 saturated carbocycles. The summed E-state index contributed by atoms with van der Waals surface area (Å²) in [5.74, 6) is 0.379. The number of pyridine rings is 1. The van der Waals surface area contributed by atoms with Gasteiger partial charge >= 0.3 is 5.69 Å². The van der Waals surface area contributed by atoms with Crippen molar-refractivity contribution in [2.75, 3.05) is 31.5 Å². The van der Waals surface area contributed by atoms with Crippen molar-refractivity contribution in [3.05, 3.63) is 27.9 Å². The molecule has 0 unspecified atom stereocenters. The Bertz CT molecular complexity index is 456. The van der Waals surface area contributed by atoms with Gasteiger partial charge < -0.3 is 10.2 Å². The van der Waals surface area contributed by atoms with Crippen molar-refractivity contribution in [1.82, 2.24) is 9.88 Å². The van der Waals surface area contributed by atoms with Crippen molar-refractivity contribution in [2.45, 2.75) is 32.6 Å². The van der Waals surface area contributed by atoms with E-state index in [4.69, 9.17) is 0 Å². The predicted octanol–water partition coefficient (Wildman–Crippen LogP) is 2.59. The summed E-state index contributed by atoms with van der Waals surface area (Å²) in [7, 11) is 0. The standard InChI is InChI=1S/C14H22N4O2/c1-12-6-7-15-14(13(12)18(19)20)16-8-11-17-9-4-2-3-5-10-17/h6-7H,2-5,8-11H2,1H3,(H,15,16). The lowest BCUT2D eigenvalue weighted by molar-refractivity contribution is -0.384. The molecular formula is C14H22N4O2. The fraction of sp³-hybridized carbons (Fsp3) is 0.643. The Morgan fingerprint density at radius 3 is 2.70 bits per heavy atom. The first-order valence-corrected chi connectivity index (χ1v) is 7.24. The van der Waals surface area contributed by atoms with Crippen LogP contribution in [0.2, 0.25) is 0 Å². The summed E-state index contributed by atoms with van der Waals surface area (Å²) in [6.45, 7) is 5.60. The predicted molar refractivity (Wildman–Crippen MR) is 79.0 cm³/mol. The monoisotopic (exact) mass is 278 g/mol. The maximum absolute atomic E-state index is 11.1. The Morgan fingerprint density at radius 1 is 1.35 bits per heavy atom. The second-order valence-electron chi connectivity index (χ2n) is 5.26. The van der Waals surface area contributed by atoms with Gasteiger partial charge in [-0.1, -0.05) is 12.8 Å². The lowest BCUT2D eigenvalue weighted by Crippen LogP contribution is -2.30. The zero-order valence-electron chi connectivity index (χ0n) is 12.0. The highest BCUT2D eigenvalue weighted by Crippen LogP contribution is 2.25. The number of nitrogens with zero attached hydrogens (tertiary/aromatic N) is 3. The number of aromatic nitrogens is 1. The molecule has 6 heteroatoms. The van der Waals surface area contributed by atoms with Crippen molar-refractivity contribution in [1.29, 1.82) is 0 Å². The maximum atomic E-state index is 11.1. The van der Waals surface area contributed by atoms with Crippen LogP contribution in [0.4, 0.5) is 11.5 Å². The Balaban J connectivity index is 1.90. The lowest BCUT2D eigenvalue weighted by Gasteiger charge is -2.19. The average Bonchev–Trinajstić information content (AvgIpc) is 2.67. The van der Waals surface area contributed by atoms with Gasteiger partial charge in [0, 0.05) is 24.8 Å². The SMILES string of the molecule is Cc1ccnc(NCCN2CCCCCC2)c1[N+](=O)[O-]. The molecule has 1 aliphatic rings. The first-order valence-electron chi connectivity index (χ1n) is 7.24. The minimum absolute atomic E-state index is 0.0865. The molecule has 0 spiro atoms. The minimum Gasteiger partial charge on any atom is -0.363 e. The van der Waals surface area contributed by atoms with Crippen LogP contribution >= 0.6 is 0 Å². The van der Waals surface area contributed by atoms with E-state index in [2.05, 4.69) is 15.2 Å². The van der Waals surface area contributed by atoms with Gasteiger partial charge in [0.1, 0.15) is 0 Å². The molecule has 1 aromatic heterocycles. The molecule has 0 atom stereocenters. The van der Waals surface area contributed by atoms with Gasteiger partial charge in [0.05, 0.1) is 4.92 Å². The van der Waals surface area contributed by atoms with E-state index in [1.54, 1.807) is 19.2 Å². The van der Waals surface area contributed by atoms with E-state index in [0.29, 0.717) is 17.9 Å². The molecule has 0 amide bonds. The summed E-state index contributed by atoms with van der Waals surface area (Å²) in [4.78, 5) is 17.2. The van der Waals surface area contributed by atoms with Gasteiger partial charge in [-0.25, -0.2) is 4.98 Å². The third kappa shape index (κ3) is 3.90. The van der Waals surface area contributed by atoms with Crippen molar-refractivity contribution >= 4 is 11.5 Å². The van der Waals surface area contributed by atoms with Crippen molar-refractivity contribution in [3.8, 4) is 0 Å². The van der Waals surface area contributed by atoms with E-state index in [1.165, 1.54) is 25.7 Å². The van der Waals surface area contributed by atoms with Gasteiger partial charge in [-0.15, -0.1) is 0 Å². The van der Waals surface area contributed by atoms with Crippen LogP contribution in [0.15, 0.2) is 12.3 Å². The molecule has 2 rings (SSSR count). The van der Waals surface area contributed by atoms with E-state index in [1.807, 2.05) is 0 Å². The van der Waals surface area contributed by atoms with Gasteiger partial charge in [0.2, 0.25) is 5.82 Å². The van der Waals surface area contributed by atoms with E-state index < -0.39 is 0 Å². The smallest absolute Gasteiger partial charge is 0.314 e. The van der Waals surface area contributed by atoms with Crippen molar-refractivity contribution in [2.24, 2.45) is 0 Å². The third-order valence-corrected chi connectivity index (χ3v) is 3.73. The van der Waals surface area contributed by atoms with Gasteiger partial charge in [-0.2, -0.15) is 0 Å². The number of anilines is 1. The number of hydrogen-bond acceptors (Lipinski definition) is 5. The van der Waals surface area contributed by atoms with Gasteiger partial charge in [-0.3, -0.25) is 10.1 Å². The summed E-state index contributed by atoms with van der Waals surface area (Å²) in [6.07, 6.45) is 6.74. The van der Waals surface area contributed by atoms with Crippen LogP contribution in [-0.2, 0) is 0 Å². The number of nitrogens with one attached hydrogen (secondary N) is 1. The summed E-state index contributed by atoms with van der Waals surface area (Å²) < 4.78 is 0. The second kappa shape index (κ2) is 7.19. The Kier molecular flexibility index (Phi) is 5.29. The number of aryl methyl sites for hydroxylation is 1.